The van der Waals surface area contributed by atoms with Crippen LogP contribution in [-0.4, -0.2) is 43.3 Å². The third-order valence-electron chi connectivity index (χ3n) is 4.14. The molecule has 0 aromatic heterocycles. The molecule has 1 heterocycles. The number of alkyl halides is 2. The van der Waals surface area contributed by atoms with Gasteiger partial charge in [0.1, 0.15) is 0 Å². The van der Waals surface area contributed by atoms with Gasteiger partial charge in [0.2, 0.25) is 15.7 Å². The topological polar surface area (TPSA) is 101 Å². The molecular formula is C18H14F2N2O5S. The van der Waals surface area contributed by atoms with Crippen molar-refractivity contribution >= 4 is 33.2 Å². The number of sulfone groups is 1. The lowest BCUT2D eigenvalue weighted by molar-refractivity contribution is -0.116. The van der Waals surface area contributed by atoms with E-state index in [4.69, 9.17) is 0 Å². The highest BCUT2D eigenvalue weighted by molar-refractivity contribution is 7.91. The molecule has 0 radical (unpaired) electrons. The van der Waals surface area contributed by atoms with Crippen LogP contribution in [0.3, 0.4) is 0 Å². The molecule has 0 saturated carbocycles. The zero-order valence-corrected chi connectivity index (χ0v) is 15.1. The average Bonchev–Trinajstić information content (AvgIpc) is 2.91. The van der Waals surface area contributed by atoms with E-state index in [1.165, 1.54) is 30.3 Å². The fourth-order valence-electron chi connectivity index (χ4n) is 2.78. The first kappa shape index (κ1) is 19.6. The maximum absolute atomic E-state index is 12.8. The molecule has 0 saturated heterocycles. The van der Waals surface area contributed by atoms with Crippen molar-refractivity contribution in [3.05, 3.63) is 59.7 Å². The molecule has 10 heteroatoms. The molecule has 1 aliphatic heterocycles. The number of hydrogen-bond donors (Lipinski definition) is 1. The van der Waals surface area contributed by atoms with Crippen LogP contribution in [-0.2, 0) is 14.6 Å². The van der Waals surface area contributed by atoms with E-state index in [2.05, 4.69) is 5.32 Å². The predicted molar refractivity (Wildman–Crippen MR) is 94.7 cm³/mol. The van der Waals surface area contributed by atoms with Crippen molar-refractivity contribution in [2.45, 2.75) is 17.1 Å². The van der Waals surface area contributed by atoms with Crippen LogP contribution in [0.1, 0.15) is 27.1 Å². The lowest BCUT2D eigenvalue weighted by atomic mass is 10.1. The van der Waals surface area contributed by atoms with E-state index in [0.717, 1.165) is 11.0 Å². The Balaban J connectivity index is 1.70. The summed E-state index contributed by atoms with van der Waals surface area (Å²) in [5, 5.41) is 2.25. The Bertz CT molecular complexity index is 1030. The second-order valence-electron chi connectivity index (χ2n) is 5.91. The molecule has 1 N–H and O–H groups in total. The number of benzene rings is 2. The SMILES string of the molecule is O=C(CCN1C(=O)c2ccccc2C1=O)Nc1ccccc1S(=O)(=O)C(F)F. The van der Waals surface area contributed by atoms with E-state index < -0.39 is 38.2 Å². The van der Waals surface area contributed by atoms with E-state index in [1.807, 2.05) is 0 Å². The summed E-state index contributed by atoms with van der Waals surface area (Å²) in [7, 11) is -4.90. The molecule has 1 aliphatic rings. The van der Waals surface area contributed by atoms with E-state index in [9.17, 15) is 31.6 Å². The Morgan fingerprint density at radius 3 is 2.07 bits per heavy atom. The molecule has 0 fully saturated rings. The molecule has 0 unspecified atom stereocenters. The standard InChI is InChI=1S/C18H14F2N2O5S/c19-18(20)28(26,27)14-8-4-3-7-13(14)21-15(23)9-10-22-16(24)11-5-1-2-6-12(11)17(22)25/h1-8,18H,9-10H2,(H,21,23). The van der Waals surface area contributed by atoms with Gasteiger partial charge in [-0.15, -0.1) is 0 Å². The van der Waals surface area contributed by atoms with E-state index in [-0.39, 0.29) is 29.8 Å². The number of anilines is 1. The number of amides is 3. The van der Waals surface area contributed by atoms with Gasteiger partial charge in [-0.1, -0.05) is 24.3 Å². The summed E-state index contributed by atoms with van der Waals surface area (Å²) in [4.78, 5) is 36.9. The third-order valence-corrected chi connectivity index (χ3v) is 5.58. The average molecular weight is 408 g/mol. The largest absolute Gasteiger partial charge is 0.341 e. The maximum atomic E-state index is 12.8. The zero-order valence-electron chi connectivity index (χ0n) is 14.3. The summed E-state index contributed by atoms with van der Waals surface area (Å²) < 4.78 is 49.0. The highest BCUT2D eigenvalue weighted by Crippen LogP contribution is 2.26. The highest BCUT2D eigenvalue weighted by atomic mass is 32.2. The number of carbonyl (C=O) groups is 3. The van der Waals surface area contributed by atoms with Crippen molar-refractivity contribution in [3.8, 4) is 0 Å². The lowest BCUT2D eigenvalue weighted by Gasteiger charge is -2.14. The smallest absolute Gasteiger partial charge is 0.325 e. The minimum absolute atomic E-state index is 0.234. The van der Waals surface area contributed by atoms with Crippen molar-refractivity contribution in [2.75, 3.05) is 11.9 Å². The van der Waals surface area contributed by atoms with Crippen molar-refractivity contribution < 1.29 is 31.6 Å². The quantitative estimate of drug-likeness (QED) is 0.740. The van der Waals surface area contributed by atoms with Crippen LogP contribution in [0.25, 0.3) is 0 Å². The number of fused-ring (bicyclic) bond motifs is 1. The summed E-state index contributed by atoms with van der Waals surface area (Å²) in [6.07, 6.45) is -0.325. The third kappa shape index (κ3) is 3.50. The first-order valence-corrected chi connectivity index (χ1v) is 9.64. The Kier molecular flexibility index (Phi) is 5.23. The van der Waals surface area contributed by atoms with Gasteiger partial charge in [-0.2, -0.15) is 8.78 Å². The second kappa shape index (κ2) is 7.47. The van der Waals surface area contributed by atoms with E-state index in [0.29, 0.717) is 0 Å². The number of rotatable bonds is 6. The summed E-state index contributed by atoms with van der Waals surface area (Å²) in [6, 6.07) is 11.0. The fraction of sp³-hybridized carbons (Fsp3) is 0.167. The van der Waals surface area contributed by atoms with Gasteiger partial charge in [0.25, 0.3) is 11.8 Å². The van der Waals surface area contributed by atoms with Gasteiger partial charge in [0.15, 0.2) is 0 Å². The van der Waals surface area contributed by atoms with Crippen molar-refractivity contribution in [3.63, 3.8) is 0 Å². The molecule has 0 aliphatic carbocycles. The number of imide groups is 1. The maximum Gasteiger partial charge on any atom is 0.341 e. The minimum atomic E-state index is -4.90. The molecule has 3 rings (SSSR count). The summed E-state index contributed by atoms with van der Waals surface area (Å²) in [5.74, 6) is -5.43. The Morgan fingerprint density at radius 2 is 1.50 bits per heavy atom. The highest BCUT2D eigenvalue weighted by Gasteiger charge is 2.35. The number of hydrogen-bond acceptors (Lipinski definition) is 5. The molecule has 0 bridgehead atoms. The molecule has 2 aromatic carbocycles. The monoisotopic (exact) mass is 408 g/mol. The van der Waals surface area contributed by atoms with Crippen LogP contribution in [0.5, 0.6) is 0 Å². The molecule has 3 amide bonds. The van der Waals surface area contributed by atoms with Crippen LogP contribution in [0.4, 0.5) is 14.5 Å². The van der Waals surface area contributed by atoms with Crippen LogP contribution < -0.4 is 5.32 Å². The first-order valence-electron chi connectivity index (χ1n) is 8.09. The van der Waals surface area contributed by atoms with Crippen molar-refractivity contribution in [1.82, 2.24) is 4.90 Å². The van der Waals surface area contributed by atoms with Crippen molar-refractivity contribution in [2.24, 2.45) is 0 Å². The minimum Gasteiger partial charge on any atom is -0.325 e. The van der Waals surface area contributed by atoms with Crippen LogP contribution in [0.15, 0.2) is 53.4 Å². The zero-order chi connectivity index (χ0) is 20.5. The van der Waals surface area contributed by atoms with Crippen molar-refractivity contribution in [1.29, 1.82) is 0 Å². The predicted octanol–water partition coefficient (Wildman–Crippen LogP) is 2.31. The van der Waals surface area contributed by atoms with Crippen LogP contribution in [0.2, 0.25) is 0 Å². The Hall–Kier alpha value is -3.14. The number of carbonyl (C=O) groups excluding carboxylic acids is 3. The molecule has 2 aromatic rings. The summed E-state index contributed by atoms with van der Waals surface area (Å²) in [6.45, 7) is -0.234. The lowest BCUT2D eigenvalue weighted by Crippen LogP contribution is -2.33. The number of nitrogens with zero attached hydrogens (tertiary/aromatic N) is 1. The molecule has 0 spiro atoms. The summed E-state index contributed by atoms with van der Waals surface area (Å²) in [5.41, 5.74) is 0.178. The van der Waals surface area contributed by atoms with E-state index >= 15 is 0 Å². The number of nitrogens with one attached hydrogen (secondary N) is 1. The molecule has 28 heavy (non-hydrogen) atoms. The molecular weight excluding hydrogens is 394 g/mol. The number of para-hydroxylation sites is 1. The number of halogens is 2. The molecule has 146 valence electrons. The Labute approximate surface area is 158 Å². The van der Waals surface area contributed by atoms with Gasteiger partial charge in [0.05, 0.1) is 21.7 Å². The van der Waals surface area contributed by atoms with Gasteiger partial charge in [-0.25, -0.2) is 8.42 Å². The summed E-state index contributed by atoms with van der Waals surface area (Å²) >= 11 is 0. The van der Waals surface area contributed by atoms with E-state index in [1.54, 1.807) is 12.1 Å². The van der Waals surface area contributed by atoms with Crippen LogP contribution in [0, 0.1) is 0 Å². The fourth-order valence-corrected chi connectivity index (χ4v) is 3.67. The molecule has 0 atom stereocenters. The molecule has 7 nitrogen and oxygen atoms in total. The van der Waals surface area contributed by atoms with Gasteiger partial charge in [-0.05, 0) is 24.3 Å². The van der Waals surface area contributed by atoms with Crippen LogP contribution >= 0.6 is 0 Å². The normalized spacial score (nSPS) is 13.8. The van der Waals surface area contributed by atoms with Gasteiger partial charge < -0.3 is 5.32 Å². The van der Waals surface area contributed by atoms with Gasteiger partial charge in [0, 0.05) is 13.0 Å². The van der Waals surface area contributed by atoms with Gasteiger partial charge >= 0.3 is 5.76 Å². The Morgan fingerprint density at radius 1 is 0.964 bits per heavy atom. The first-order chi connectivity index (χ1) is 13.2. The van der Waals surface area contributed by atoms with Gasteiger partial charge in [-0.3, -0.25) is 19.3 Å². The second-order valence-corrected chi connectivity index (χ2v) is 7.79.